The van der Waals surface area contributed by atoms with Crippen LogP contribution in [0.4, 0.5) is 0 Å². The van der Waals surface area contributed by atoms with Crippen molar-refractivity contribution in [3.05, 3.63) is 122 Å². The minimum Gasteiger partial charge on any atom is -0.265 e. The van der Waals surface area contributed by atoms with Crippen LogP contribution in [0.3, 0.4) is 0 Å². The molecule has 0 unspecified atom stereocenters. The fraction of sp³-hybridized carbons (Fsp3) is 0. The molecule has 0 saturated carbocycles. The number of rotatable bonds is 3. The topological polar surface area (TPSA) is 25.8 Å². The molecule has 0 radical (unpaired) electrons. The second-order valence-electron chi connectivity index (χ2n) is 8.68. The molecule has 2 heterocycles. The highest BCUT2D eigenvalue weighted by molar-refractivity contribution is 6.27. The molecule has 0 aliphatic heterocycles. The van der Waals surface area contributed by atoms with E-state index in [9.17, 15) is 0 Å². The molecule has 5 aromatic carbocycles. The van der Waals surface area contributed by atoms with Gasteiger partial charge in [-0.3, -0.25) is 9.97 Å². The first-order valence-electron chi connectivity index (χ1n) is 11.5. The summed E-state index contributed by atoms with van der Waals surface area (Å²) >= 11 is 0. The van der Waals surface area contributed by atoms with Crippen LogP contribution in [-0.2, 0) is 0 Å². The van der Waals surface area contributed by atoms with Crippen molar-refractivity contribution in [1.82, 2.24) is 9.97 Å². The van der Waals surface area contributed by atoms with Crippen LogP contribution in [0.15, 0.2) is 122 Å². The van der Waals surface area contributed by atoms with E-state index in [0.717, 1.165) is 5.69 Å². The average molecular weight is 433 g/mol. The van der Waals surface area contributed by atoms with Crippen molar-refractivity contribution in [2.75, 3.05) is 0 Å². The van der Waals surface area contributed by atoms with Gasteiger partial charge in [-0.1, -0.05) is 72.8 Å². The average Bonchev–Trinajstić information content (AvgIpc) is 2.92. The zero-order chi connectivity index (χ0) is 22.5. The normalized spacial score (nSPS) is 11.5. The van der Waals surface area contributed by atoms with Crippen LogP contribution in [-0.4, -0.2) is 9.97 Å². The maximum absolute atomic E-state index is 4.63. The number of pyridine rings is 2. The maximum Gasteiger partial charge on any atom is 0.0708 e. The van der Waals surface area contributed by atoms with E-state index in [0.29, 0.717) is 0 Å². The Morgan fingerprint density at radius 3 is 1.85 bits per heavy atom. The van der Waals surface area contributed by atoms with E-state index in [4.69, 9.17) is 0 Å². The monoisotopic (exact) mass is 432 g/mol. The molecule has 0 spiro atoms. The van der Waals surface area contributed by atoms with E-state index >= 15 is 0 Å². The minimum absolute atomic E-state index is 1.01. The number of hydrogen-bond donors (Lipinski definition) is 0. The lowest BCUT2D eigenvalue weighted by Gasteiger charge is -2.16. The van der Waals surface area contributed by atoms with Crippen molar-refractivity contribution in [2.45, 2.75) is 0 Å². The molecule has 0 fully saturated rings. The Labute approximate surface area is 197 Å². The summed E-state index contributed by atoms with van der Waals surface area (Å²) in [5.41, 5.74) is 7.02. The van der Waals surface area contributed by atoms with E-state index in [-0.39, 0.29) is 0 Å². The molecule has 0 aliphatic rings. The third-order valence-corrected chi connectivity index (χ3v) is 6.79. The number of nitrogens with zero attached hydrogens (tertiary/aromatic N) is 2. The quantitative estimate of drug-likeness (QED) is 0.262. The van der Waals surface area contributed by atoms with Gasteiger partial charge < -0.3 is 0 Å². The Morgan fingerprint density at radius 2 is 1.12 bits per heavy atom. The molecular weight excluding hydrogens is 412 g/mol. The van der Waals surface area contributed by atoms with Gasteiger partial charge in [-0.15, -0.1) is 0 Å². The van der Waals surface area contributed by atoms with Gasteiger partial charge in [0.25, 0.3) is 0 Å². The van der Waals surface area contributed by atoms with Gasteiger partial charge in [0, 0.05) is 24.2 Å². The Bertz CT molecular complexity index is 1790. The summed E-state index contributed by atoms with van der Waals surface area (Å²) < 4.78 is 0. The van der Waals surface area contributed by atoms with E-state index < -0.39 is 0 Å². The third kappa shape index (κ3) is 2.89. The first-order valence-corrected chi connectivity index (χ1v) is 11.5. The van der Waals surface area contributed by atoms with Crippen molar-refractivity contribution < 1.29 is 0 Å². The van der Waals surface area contributed by atoms with Gasteiger partial charge in [0.1, 0.15) is 0 Å². The molecule has 2 heteroatoms. The number of hydrogen-bond acceptors (Lipinski definition) is 2. The summed E-state index contributed by atoms with van der Waals surface area (Å²) in [4.78, 5) is 8.79. The molecule has 0 amide bonds. The van der Waals surface area contributed by atoms with Gasteiger partial charge in [0.15, 0.2) is 0 Å². The molecule has 2 nitrogen and oxygen atoms in total. The molecule has 0 atom stereocenters. The van der Waals surface area contributed by atoms with Crippen LogP contribution < -0.4 is 0 Å². The molecule has 0 N–H and O–H groups in total. The summed E-state index contributed by atoms with van der Waals surface area (Å²) in [6.07, 6.45) is 5.55. The van der Waals surface area contributed by atoms with Crippen LogP contribution in [0.5, 0.6) is 0 Å². The predicted molar refractivity (Wildman–Crippen MR) is 142 cm³/mol. The fourth-order valence-corrected chi connectivity index (χ4v) is 5.21. The zero-order valence-corrected chi connectivity index (χ0v) is 18.4. The maximum atomic E-state index is 4.63. The summed E-state index contributed by atoms with van der Waals surface area (Å²) in [6.45, 7) is 0. The summed E-state index contributed by atoms with van der Waals surface area (Å²) in [5, 5.41) is 7.68. The molecule has 0 saturated heterocycles. The lowest BCUT2D eigenvalue weighted by atomic mass is 9.87. The standard InChI is InChI=1S/C32H20N2/c1-2-17-34-30(6-1)27-12-10-23-8-7-22-9-11-26(28-13-14-29(27)32(23)31(22)28)25-5-3-4-24(20-25)21-15-18-33-19-16-21/h1-20H. The Morgan fingerprint density at radius 1 is 0.441 bits per heavy atom. The number of aromatic nitrogens is 2. The van der Waals surface area contributed by atoms with Crippen LogP contribution in [0.2, 0.25) is 0 Å². The van der Waals surface area contributed by atoms with Crippen LogP contribution >= 0.6 is 0 Å². The van der Waals surface area contributed by atoms with Gasteiger partial charge in [0.05, 0.1) is 5.69 Å². The highest BCUT2D eigenvalue weighted by Gasteiger charge is 2.15. The van der Waals surface area contributed by atoms with Gasteiger partial charge >= 0.3 is 0 Å². The SMILES string of the molecule is c1ccc(-c2ccc3ccc4ccc(-c5cccc(-c6ccncc6)c5)c5ccc2c3c45)nc1. The lowest BCUT2D eigenvalue weighted by Crippen LogP contribution is -1.90. The summed E-state index contributed by atoms with van der Waals surface area (Å²) in [5.74, 6) is 0. The molecule has 2 aromatic heterocycles. The molecular formula is C32H20N2. The summed E-state index contributed by atoms with van der Waals surface area (Å²) in [7, 11) is 0. The van der Waals surface area contributed by atoms with Crippen molar-refractivity contribution >= 4 is 32.3 Å². The van der Waals surface area contributed by atoms with Crippen molar-refractivity contribution in [1.29, 1.82) is 0 Å². The van der Waals surface area contributed by atoms with E-state index in [1.807, 2.05) is 30.7 Å². The second-order valence-corrected chi connectivity index (χ2v) is 8.68. The van der Waals surface area contributed by atoms with Gasteiger partial charge in [-0.05, 0) is 84.9 Å². The lowest BCUT2D eigenvalue weighted by molar-refractivity contribution is 1.33. The zero-order valence-electron chi connectivity index (χ0n) is 18.4. The molecule has 0 aliphatic carbocycles. The number of benzene rings is 5. The van der Waals surface area contributed by atoms with Crippen molar-refractivity contribution in [2.24, 2.45) is 0 Å². The van der Waals surface area contributed by atoms with Crippen LogP contribution in [0.1, 0.15) is 0 Å². The first-order chi connectivity index (χ1) is 16.9. The Kier molecular flexibility index (Phi) is 4.18. The molecule has 34 heavy (non-hydrogen) atoms. The second kappa shape index (κ2) is 7.50. The molecule has 158 valence electrons. The molecule has 7 rings (SSSR count). The van der Waals surface area contributed by atoms with E-state index in [1.54, 1.807) is 0 Å². The van der Waals surface area contributed by atoms with Crippen LogP contribution in [0.25, 0.3) is 65.8 Å². The molecule has 7 aromatic rings. The smallest absolute Gasteiger partial charge is 0.0708 e. The first kappa shape index (κ1) is 19.0. The van der Waals surface area contributed by atoms with Gasteiger partial charge in [-0.25, -0.2) is 0 Å². The van der Waals surface area contributed by atoms with Crippen molar-refractivity contribution in [3.8, 4) is 33.5 Å². The van der Waals surface area contributed by atoms with Gasteiger partial charge in [-0.2, -0.15) is 0 Å². The van der Waals surface area contributed by atoms with Crippen LogP contribution in [0, 0.1) is 0 Å². The fourth-order valence-electron chi connectivity index (χ4n) is 5.21. The third-order valence-electron chi connectivity index (χ3n) is 6.79. The highest BCUT2D eigenvalue weighted by atomic mass is 14.7. The minimum atomic E-state index is 1.01. The van der Waals surface area contributed by atoms with Gasteiger partial charge in [0.2, 0.25) is 0 Å². The Hall–Kier alpha value is -4.56. The largest absolute Gasteiger partial charge is 0.265 e. The predicted octanol–water partition coefficient (Wildman–Crippen LogP) is 8.38. The van der Waals surface area contributed by atoms with Crippen molar-refractivity contribution in [3.63, 3.8) is 0 Å². The summed E-state index contributed by atoms with van der Waals surface area (Å²) in [6, 6.07) is 37.0. The van der Waals surface area contributed by atoms with E-state index in [1.165, 1.54) is 60.1 Å². The van der Waals surface area contributed by atoms with E-state index in [2.05, 4.69) is 101 Å². The highest BCUT2D eigenvalue weighted by Crippen LogP contribution is 2.42. The Balaban J connectivity index is 1.51. The molecule has 0 bridgehead atoms.